The molecule has 122 valence electrons. The Kier molecular flexibility index (Phi) is 7.47. The maximum Gasteiger partial charge on any atom is 0.359 e. The minimum Gasteiger partial charge on any atom is -0.463 e. The van der Waals surface area contributed by atoms with E-state index in [1.807, 2.05) is 30.3 Å². The predicted octanol–water partition coefficient (Wildman–Crippen LogP) is 2.76. The maximum atomic E-state index is 14.5. The molecule has 0 aliphatic carbocycles. The van der Waals surface area contributed by atoms with Crippen LogP contribution in [0.4, 0.5) is 4.39 Å². The average Bonchev–Trinajstić information content (AvgIpc) is 2.47. The summed E-state index contributed by atoms with van der Waals surface area (Å²) in [6.45, 7) is 2.58. The smallest absolute Gasteiger partial charge is 0.359 e. The number of rotatable bonds is 8. The number of hydrogen-bond donors (Lipinski definition) is 0. The van der Waals surface area contributed by atoms with Crippen LogP contribution in [-0.4, -0.2) is 35.8 Å². The van der Waals surface area contributed by atoms with Crippen LogP contribution in [0.3, 0.4) is 0 Å². The Morgan fingerprint density at radius 1 is 1.32 bits per heavy atom. The lowest BCUT2D eigenvalue weighted by Gasteiger charge is -2.26. The zero-order valence-electron chi connectivity index (χ0n) is 12.4. The summed E-state index contributed by atoms with van der Waals surface area (Å²) in [7, 11) is 0. The van der Waals surface area contributed by atoms with Crippen LogP contribution in [0.2, 0.25) is 0 Å². The van der Waals surface area contributed by atoms with E-state index in [1.54, 1.807) is 6.92 Å². The highest BCUT2D eigenvalue weighted by Crippen LogP contribution is 2.29. The van der Waals surface area contributed by atoms with Gasteiger partial charge in [-0.2, -0.15) is 0 Å². The fourth-order valence-electron chi connectivity index (χ4n) is 1.63. The average molecular weight is 377 g/mol. The lowest BCUT2D eigenvalue weighted by Crippen LogP contribution is -2.46. The number of carbonyl (C=O) groups excluding carboxylic acids is 2. The lowest BCUT2D eigenvalue weighted by atomic mass is 10.2. The van der Waals surface area contributed by atoms with Crippen LogP contribution < -0.4 is 0 Å². The van der Waals surface area contributed by atoms with Gasteiger partial charge >= 0.3 is 11.9 Å². The molecule has 0 saturated heterocycles. The molecule has 0 N–H and O–H groups in total. The zero-order valence-corrected chi connectivity index (χ0v) is 14.0. The molecule has 0 aliphatic rings. The number of esters is 2. The normalized spacial score (nSPS) is 14.7. The fourth-order valence-corrected chi connectivity index (χ4v) is 1.97. The Bertz CT molecular complexity index is 492. The van der Waals surface area contributed by atoms with Gasteiger partial charge in [0, 0.05) is 6.92 Å². The Hall–Kier alpha value is -1.47. The van der Waals surface area contributed by atoms with Crippen LogP contribution in [0.15, 0.2) is 30.3 Å². The van der Waals surface area contributed by atoms with Crippen LogP contribution >= 0.6 is 15.9 Å². The Morgan fingerprint density at radius 3 is 2.50 bits per heavy atom. The quantitative estimate of drug-likeness (QED) is 0.515. The number of ether oxygens (including phenoxy) is 3. The van der Waals surface area contributed by atoms with Crippen molar-refractivity contribution in [3.63, 3.8) is 0 Å². The fraction of sp³-hybridized carbons (Fsp3) is 0.467. The van der Waals surface area contributed by atoms with Crippen molar-refractivity contribution in [3.05, 3.63) is 35.9 Å². The lowest BCUT2D eigenvalue weighted by molar-refractivity contribution is -0.169. The van der Waals surface area contributed by atoms with Gasteiger partial charge in [0.2, 0.25) is 0 Å². The Morgan fingerprint density at radius 2 is 1.95 bits per heavy atom. The Balaban J connectivity index is 2.67. The highest BCUT2D eigenvalue weighted by Gasteiger charge is 2.48. The summed E-state index contributed by atoms with van der Waals surface area (Å²) in [5.41, 5.74) is 0.874. The highest BCUT2D eigenvalue weighted by atomic mass is 79.9. The van der Waals surface area contributed by atoms with E-state index in [9.17, 15) is 14.0 Å². The first kappa shape index (κ1) is 18.6. The largest absolute Gasteiger partial charge is 0.463 e. The van der Waals surface area contributed by atoms with Crippen molar-refractivity contribution in [2.24, 2.45) is 0 Å². The first-order chi connectivity index (χ1) is 10.4. The third-order valence-electron chi connectivity index (χ3n) is 2.64. The van der Waals surface area contributed by atoms with Gasteiger partial charge in [-0.3, -0.25) is 4.79 Å². The number of hydrogen-bond acceptors (Lipinski definition) is 5. The summed E-state index contributed by atoms with van der Waals surface area (Å²) in [5, 5.41) is 0. The first-order valence-electron chi connectivity index (χ1n) is 6.71. The summed E-state index contributed by atoms with van der Waals surface area (Å²) < 4.78 is 26.6. The molecule has 22 heavy (non-hydrogen) atoms. The highest BCUT2D eigenvalue weighted by molar-refractivity contribution is 9.10. The van der Waals surface area contributed by atoms with Gasteiger partial charge in [0.15, 0.2) is 6.10 Å². The molecule has 1 aromatic carbocycles. The summed E-state index contributed by atoms with van der Waals surface area (Å²) in [6, 6.07) is 9.21. The van der Waals surface area contributed by atoms with E-state index in [0.29, 0.717) is 0 Å². The molecule has 1 aromatic rings. The van der Waals surface area contributed by atoms with Crippen LogP contribution in [0, 0.1) is 0 Å². The van der Waals surface area contributed by atoms with Gasteiger partial charge in [-0.05, 0) is 28.4 Å². The van der Waals surface area contributed by atoms with Gasteiger partial charge in [-0.25, -0.2) is 9.18 Å². The van der Waals surface area contributed by atoms with Crippen LogP contribution in [-0.2, 0) is 30.4 Å². The summed E-state index contributed by atoms with van der Waals surface area (Å²) in [6.07, 6.45) is -1.45. The maximum absolute atomic E-state index is 14.5. The second-order valence-electron chi connectivity index (χ2n) is 4.44. The van der Waals surface area contributed by atoms with Crippen molar-refractivity contribution in [3.8, 4) is 0 Å². The van der Waals surface area contributed by atoms with E-state index in [-0.39, 0.29) is 19.8 Å². The zero-order chi connectivity index (χ0) is 16.6. The molecular weight excluding hydrogens is 359 g/mol. The van der Waals surface area contributed by atoms with Gasteiger partial charge in [0.25, 0.3) is 4.58 Å². The number of carbonyl (C=O) groups is 2. The summed E-state index contributed by atoms with van der Waals surface area (Å²) in [5.74, 6) is -1.89. The van der Waals surface area contributed by atoms with E-state index in [2.05, 4.69) is 20.7 Å². The third-order valence-corrected chi connectivity index (χ3v) is 3.48. The SMILES string of the molecule is CCOC(=O)C(F)(Br)C(COCc1ccccc1)OC(C)=O. The molecule has 2 unspecified atom stereocenters. The van der Waals surface area contributed by atoms with E-state index in [1.165, 1.54) is 0 Å². The molecule has 5 nitrogen and oxygen atoms in total. The molecule has 0 amide bonds. The first-order valence-corrected chi connectivity index (χ1v) is 7.51. The second kappa shape index (κ2) is 8.85. The van der Waals surface area contributed by atoms with Gasteiger partial charge in [-0.15, -0.1) is 0 Å². The molecule has 0 aromatic heterocycles. The van der Waals surface area contributed by atoms with Gasteiger partial charge in [0.05, 0.1) is 19.8 Å². The molecule has 0 radical (unpaired) electrons. The van der Waals surface area contributed by atoms with Crippen molar-refractivity contribution in [2.75, 3.05) is 13.2 Å². The molecule has 0 aliphatic heterocycles. The summed E-state index contributed by atoms with van der Waals surface area (Å²) >= 11 is 2.63. The monoisotopic (exact) mass is 376 g/mol. The molecule has 0 spiro atoms. The van der Waals surface area contributed by atoms with Crippen molar-refractivity contribution in [1.82, 2.24) is 0 Å². The molecule has 0 fully saturated rings. The predicted molar refractivity (Wildman–Crippen MR) is 81.1 cm³/mol. The molecule has 0 heterocycles. The van der Waals surface area contributed by atoms with Gasteiger partial charge in [0.1, 0.15) is 0 Å². The van der Waals surface area contributed by atoms with E-state index in [0.717, 1.165) is 12.5 Å². The van der Waals surface area contributed by atoms with Crippen molar-refractivity contribution in [2.45, 2.75) is 31.1 Å². The Labute approximate surface area is 136 Å². The molecule has 2 atom stereocenters. The summed E-state index contributed by atoms with van der Waals surface area (Å²) in [4.78, 5) is 22.7. The minimum absolute atomic E-state index is 0.00771. The van der Waals surface area contributed by atoms with Crippen LogP contribution in [0.5, 0.6) is 0 Å². The van der Waals surface area contributed by atoms with Crippen LogP contribution in [0.1, 0.15) is 19.4 Å². The topological polar surface area (TPSA) is 61.8 Å². The number of benzene rings is 1. The molecular formula is C15H18BrFO5. The molecule has 0 saturated carbocycles. The van der Waals surface area contributed by atoms with E-state index in [4.69, 9.17) is 9.47 Å². The van der Waals surface area contributed by atoms with Gasteiger partial charge in [-0.1, -0.05) is 30.3 Å². The standard InChI is InChI=1S/C15H18BrFO5/c1-3-21-14(19)15(16,17)13(22-11(2)18)10-20-9-12-7-5-4-6-8-12/h4-8,13H,3,9-10H2,1-2H3. The van der Waals surface area contributed by atoms with Crippen molar-refractivity contribution >= 4 is 27.9 Å². The second-order valence-corrected chi connectivity index (χ2v) is 5.60. The molecule has 0 bridgehead atoms. The third kappa shape index (κ3) is 5.73. The molecule has 1 rings (SSSR count). The van der Waals surface area contributed by atoms with Crippen molar-refractivity contribution < 1.29 is 28.2 Å². The van der Waals surface area contributed by atoms with E-state index >= 15 is 0 Å². The van der Waals surface area contributed by atoms with Crippen LogP contribution in [0.25, 0.3) is 0 Å². The molecule has 7 heteroatoms. The van der Waals surface area contributed by atoms with E-state index < -0.39 is 22.6 Å². The number of alkyl halides is 2. The van der Waals surface area contributed by atoms with Gasteiger partial charge < -0.3 is 14.2 Å². The number of halogens is 2. The van der Waals surface area contributed by atoms with Crippen molar-refractivity contribution in [1.29, 1.82) is 0 Å². The minimum atomic E-state index is -2.66.